The molecular weight excluding hydrogens is 190 g/mol. The van der Waals surface area contributed by atoms with Crippen molar-refractivity contribution >= 4 is 0 Å². The third-order valence-electron chi connectivity index (χ3n) is 2.63. The van der Waals surface area contributed by atoms with Gasteiger partial charge >= 0.3 is 0 Å². The summed E-state index contributed by atoms with van der Waals surface area (Å²) < 4.78 is 5.19. The van der Waals surface area contributed by atoms with Gasteiger partial charge in [0.1, 0.15) is 0 Å². The summed E-state index contributed by atoms with van der Waals surface area (Å²) in [4.78, 5) is 4.27. The van der Waals surface area contributed by atoms with Crippen molar-refractivity contribution in [3.63, 3.8) is 0 Å². The van der Waals surface area contributed by atoms with Crippen LogP contribution < -0.4 is 5.32 Å². The largest absolute Gasteiger partial charge is 0.339 e. The molecule has 2 atom stereocenters. The van der Waals surface area contributed by atoms with Crippen LogP contribution in [0, 0.1) is 6.92 Å². The lowest BCUT2D eigenvalue weighted by Gasteiger charge is -2.20. The van der Waals surface area contributed by atoms with Crippen molar-refractivity contribution in [3.8, 4) is 0 Å². The van der Waals surface area contributed by atoms with E-state index < -0.39 is 0 Å². The van der Waals surface area contributed by atoms with Crippen molar-refractivity contribution in [1.29, 1.82) is 0 Å². The first-order chi connectivity index (χ1) is 7.19. The SMILES string of the molecule is CCCNC(CC)C(C)c1nc(C)no1. The van der Waals surface area contributed by atoms with Gasteiger partial charge in [0, 0.05) is 6.04 Å². The molecule has 2 unspecified atom stereocenters. The van der Waals surface area contributed by atoms with E-state index in [0.29, 0.717) is 11.9 Å². The molecule has 1 aromatic heterocycles. The molecule has 0 bridgehead atoms. The van der Waals surface area contributed by atoms with Crippen LogP contribution >= 0.6 is 0 Å². The first-order valence-corrected chi connectivity index (χ1v) is 5.72. The van der Waals surface area contributed by atoms with Crippen molar-refractivity contribution in [3.05, 3.63) is 11.7 Å². The molecule has 0 aliphatic rings. The minimum atomic E-state index is 0.280. The van der Waals surface area contributed by atoms with Gasteiger partial charge in [-0.1, -0.05) is 25.9 Å². The number of rotatable bonds is 6. The topological polar surface area (TPSA) is 51.0 Å². The van der Waals surface area contributed by atoms with E-state index in [-0.39, 0.29) is 5.92 Å². The number of nitrogens with zero attached hydrogens (tertiary/aromatic N) is 2. The number of nitrogens with one attached hydrogen (secondary N) is 1. The lowest BCUT2D eigenvalue weighted by molar-refractivity contribution is 0.318. The molecule has 1 aromatic rings. The summed E-state index contributed by atoms with van der Waals surface area (Å²) in [5.74, 6) is 1.73. The summed E-state index contributed by atoms with van der Waals surface area (Å²) in [5.41, 5.74) is 0. The van der Waals surface area contributed by atoms with Gasteiger partial charge in [0.15, 0.2) is 5.82 Å². The number of hydrogen-bond donors (Lipinski definition) is 1. The third-order valence-corrected chi connectivity index (χ3v) is 2.63. The van der Waals surface area contributed by atoms with E-state index in [4.69, 9.17) is 4.52 Å². The fraction of sp³-hybridized carbons (Fsp3) is 0.818. The molecule has 0 fully saturated rings. The maximum absolute atomic E-state index is 5.19. The van der Waals surface area contributed by atoms with Gasteiger partial charge < -0.3 is 9.84 Å². The Morgan fingerprint density at radius 3 is 2.60 bits per heavy atom. The Kier molecular flexibility index (Phi) is 4.75. The average Bonchev–Trinajstić information content (AvgIpc) is 2.65. The zero-order chi connectivity index (χ0) is 11.3. The molecule has 0 aliphatic carbocycles. The van der Waals surface area contributed by atoms with Crippen LogP contribution in [0.4, 0.5) is 0 Å². The molecule has 0 aliphatic heterocycles. The first-order valence-electron chi connectivity index (χ1n) is 5.72. The maximum atomic E-state index is 5.19. The van der Waals surface area contributed by atoms with Gasteiger partial charge in [-0.2, -0.15) is 4.98 Å². The second-order valence-electron chi connectivity index (χ2n) is 3.94. The molecule has 0 saturated heterocycles. The van der Waals surface area contributed by atoms with Crippen LogP contribution in [0.15, 0.2) is 4.52 Å². The molecule has 1 heterocycles. The van der Waals surface area contributed by atoms with Crippen molar-refractivity contribution in [1.82, 2.24) is 15.5 Å². The summed E-state index contributed by atoms with van der Waals surface area (Å²) >= 11 is 0. The van der Waals surface area contributed by atoms with Gasteiger partial charge in [-0.15, -0.1) is 0 Å². The highest BCUT2D eigenvalue weighted by Gasteiger charge is 2.21. The van der Waals surface area contributed by atoms with Crippen LogP contribution in [-0.2, 0) is 0 Å². The minimum Gasteiger partial charge on any atom is -0.339 e. The standard InChI is InChI=1S/C11H21N3O/c1-5-7-12-10(6-2)8(3)11-13-9(4)14-15-11/h8,10,12H,5-7H2,1-4H3. The Labute approximate surface area is 91.5 Å². The molecule has 1 rings (SSSR count). The fourth-order valence-electron chi connectivity index (χ4n) is 1.67. The Morgan fingerprint density at radius 1 is 1.40 bits per heavy atom. The highest BCUT2D eigenvalue weighted by Crippen LogP contribution is 2.19. The van der Waals surface area contributed by atoms with E-state index >= 15 is 0 Å². The third kappa shape index (κ3) is 3.30. The second kappa shape index (κ2) is 5.85. The van der Waals surface area contributed by atoms with Crippen molar-refractivity contribution < 1.29 is 4.52 Å². The van der Waals surface area contributed by atoms with E-state index in [1.165, 1.54) is 0 Å². The lowest BCUT2D eigenvalue weighted by atomic mass is 9.99. The molecule has 0 saturated carbocycles. The Hall–Kier alpha value is -0.900. The molecule has 1 N–H and O–H groups in total. The summed E-state index contributed by atoms with van der Waals surface area (Å²) in [6.45, 7) is 9.36. The molecule has 0 radical (unpaired) electrons. The van der Waals surface area contributed by atoms with Gasteiger partial charge in [0.25, 0.3) is 0 Å². The van der Waals surface area contributed by atoms with Crippen LogP contribution in [0.1, 0.15) is 51.2 Å². The number of hydrogen-bond acceptors (Lipinski definition) is 4. The van der Waals surface area contributed by atoms with E-state index in [9.17, 15) is 0 Å². The first kappa shape index (κ1) is 12.2. The smallest absolute Gasteiger partial charge is 0.231 e. The minimum absolute atomic E-state index is 0.280. The number of aromatic nitrogens is 2. The van der Waals surface area contributed by atoms with Gasteiger partial charge in [0.05, 0.1) is 5.92 Å². The van der Waals surface area contributed by atoms with Crippen molar-refractivity contribution in [2.75, 3.05) is 6.54 Å². The van der Waals surface area contributed by atoms with E-state index in [1.807, 2.05) is 6.92 Å². The van der Waals surface area contributed by atoms with Gasteiger partial charge in [-0.3, -0.25) is 0 Å². The Balaban J connectivity index is 2.59. The molecule has 0 aromatic carbocycles. The summed E-state index contributed by atoms with van der Waals surface area (Å²) in [7, 11) is 0. The second-order valence-corrected chi connectivity index (χ2v) is 3.94. The van der Waals surface area contributed by atoms with Crippen LogP contribution in [0.5, 0.6) is 0 Å². The van der Waals surface area contributed by atoms with Gasteiger partial charge in [-0.05, 0) is 26.3 Å². The maximum Gasteiger partial charge on any atom is 0.231 e. The zero-order valence-electron chi connectivity index (χ0n) is 10.1. The Bertz CT molecular complexity index is 285. The molecule has 4 nitrogen and oxygen atoms in total. The fourth-order valence-corrected chi connectivity index (χ4v) is 1.67. The predicted molar refractivity (Wildman–Crippen MR) is 59.8 cm³/mol. The van der Waals surface area contributed by atoms with Crippen LogP contribution in [0.2, 0.25) is 0 Å². The van der Waals surface area contributed by atoms with Crippen LogP contribution in [-0.4, -0.2) is 22.7 Å². The van der Waals surface area contributed by atoms with Gasteiger partial charge in [0.2, 0.25) is 5.89 Å². The van der Waals surface area contributed by atoms with E-state index in [2.05, 4.69) is 36.2 Å². The number of aryl methyl sites for hydroxylation is 1. The summed E-state index contributed by atoms with van der Waals surface area (Å²) in [5, 5.41) is 7.32. The highest BCUT2D eigenvalue weighted by atomic mass is 16.5. The van der Waals surface area contributed by atoms with Crippen molar-refractivity contribution in [2.24, 2.45) is 0 Å². The van der Waals surface area contributed by atoms with E-state index in [0.717, 1.165) is 25.3 Å². The molecule has 0 amide bonds. The van der Waals surface area contributed by atoms with Crippen molar-refractivity contribution in [2.45, 2.75) is 52.5 Å². The quantitative estimate of drug-likeness (QED) is 0.784. The summed E-state index contributed by atoms with van der Waals surface area (Å²) in [6, 6.07) is 0.421. The molecule has 4 heteroatoms. The molecule has 15 heavy (non-hydrogen) atoms. The normalized spacial score (nSPS) is 15.2. The Morgan fingerprint density at radius 2 is 2.13 bits per heavy atom. The molecule has 0 spiro atoms. The van der Waals surface area contributed by atoms with Crippen LogP contribution in [0.3, 0.4) is 0 Å². The van der Waals surface area contributed by atoms with Crippen LogP contribution in [0.25, 0.3) is 0 Å². The zero-order valence-corrected chi connectivity index (χ0v) is 10.1. The van der Waals surface area contributed by atoms with E-state index in [1.54, 1.807) is 0 Å². The highest BCUT2D eigenvalue weighted by molar-refractivity contribution is 4.96. The molecule has 86 valence electrons. The van der Waals surface area contributed by atoms with Gasteiger partial charge in [-0.25, -0.2) is 0 Å². The molecular formula is C11H21N3O. The lowest BCUT2D eigenvalue weighted by Crippen LogP contribution is -2.33. The predicted octanol–water partition coefficient (Wildman–Crippen LogP) is 2.26. The monoisotopic (exact) mass is 211 g/mol. The average molecular weight is 211 g/mol. The summed E-state index contributed by atoms with van der Waals surface area (Å²) in [6.07, 6.45) is 2.22.